The Morgan fingerprint density at radius 3 is 2.38 bits per heavy atom. The van der Waals surface area contributed by atoms with E-state index in [0.717, 1.165) is 30.4 Å². The molecule has 0 saturated carbocycles. The van der Waals surface area contributed by atoms with E-state index in [-0.39, 0.29) is 5.30 Å². The van der Waals surface area contributed by atoms with E-state index in [0.29, 0.717) is 5.56 Å². The van der Waals surface area contributed by atoms with E-state index in [9.17, 15) is 14.4 Å². The summed E-state index contributed by atoms with van der Waals surface area (Å²) in [6.07, 6.45) is 3.01. The standard InChI is InChI=1S/C12H19O3P/c1-4-5-6-11-8-7-9(2)12(10(11)3)16(13,14)15/h7-8H,4-6H2,1-3H3,(H2,13,14,15). The summed E-state index contributed by atoms with van der Waals surface area (Å²) in [5.41, 5.74) is 2.47. The van der Waals surface area contributed by atoms with Crippen LogP contribution in [0.4, 0.5) is 0 Å². The number of unbranched alkanes of at least 4 members (excludes halogenated alkanes) is 1. The highest BCUT2D eigenvalue weighted by Crippen LogP contribution is 2.37. The van der Waals surface area contributed by atoms with Gasteiger partial charge in [-0.15, -0.1) is 0 Å². The summed E-state index contributed by atoms with van der Waals surface area (Å²) in [6, 6.07) is 3.77. The van der Waals surface area contributed by atoms with Crippen LogP contribution in [0.5, 0.6) is 0 Å². The Morgan fingerprint density at radius 2 is 1.88 bits per heavy atom. The zero-order chi connectivity index (χ0) is 12.3. The molecule has 0 saturated heterocycles. The highest BCUT2D eigenvalue weighted by Gasteiger charge is 2.23. The fraction of sp³-hybridized carbons (Fsp3) is 0.500. The van der Waals surface area contributed by atoms with Crippen LogP contribution in [-0.4, -0.2) is 9.79 Å². The van der Waals surface area contributed by atoms with Crippen LogP contribution in [0.2, 0.25) is 0 Å². The first-order valence-corrected chi connectivity index (χ1v) is 7.14. The molecule has 0 unspecified atom stereocenters. The van der Waals surface area contributed by atoms with Crippen LogP contribution in [0.15, 0.2) is 12.1 Å². The molecule has 90 valence electrons. The molecule has 4 heteroatoms. The molecule has 0 fully saturated rings. The molecule has 1 aromatic carbocycles. The lowest BCUT2D eigenvalue weighted by Crippen LogP contribution is -2.14. The van der Waals surface area contributed by atoms with Gasteiger partial charge in [-0.05, 0) is 43.4 Å². The number of hydrogen-bond donors (Lipinski definition) is 2. The van der Waals surface area contributed by atoms with Crippen molar-refractivity contribution >= 4 is 12.9 Å². The summed E-state index contributed by atoms with van der Waals surface area (Å²) in [6.45, 7) is 5.64. The number of benzene rings is 1. The molecule has 0 bridgehead atoms. The normalized spacial score (nSPS) is 11.8. The predicted molar refractivity (Wildman–Crippen MR) is 66.2 cm³/mol. The Morgan fingerprint density at radius 1 is 1.25 bits per heavy atom. The Kier molecular flexibility index (Phi) is 4.31. The summed E-state index contributed by atoms with van der Waals surface area (Å²) >= 11 is 0. The SMILES string of the molecule is CCCCc1ccc(C)c(P(=O)(O)O)c1C. The molecule has 0 aliphatic rings. The molecular formula is C12H19O3P. The lowest BCUT2D eigenvalue weighted by Gasteiger charge is -2.15. The van der Waals surface area contributed by atoms with Crippen molar-refractivity contribution in [2.24, 2.45) is 0 Å². The van der Waals surface area contributed by atoms with Crippen LogP contribution in [0.25, 0.3) is 0 Å². The predicted octanol–water partition coefficient (Wildman–Crippen LogP) is 2.45. The van der Waals surface area contributed by atoms with Gasteiger partial charge >= 0.3 is 7.60 Å². The van der Waals surface area contributed by atoms with E-state index in [1.807, 2.05) is 6.07 Å². The van der Waals surface area contributed by atoms with Gasteiger partial charge in [0.2, 0.25) is 0 Å². The quantitative estimate of drug-likeness (QED) is 0.797. The third-order valence-corrected chi connectivity index (χ3v) is 4.11. The minimum absolute atomic E-state index is 0.209. The largest absolute Gasteiger partial charge is 0.356 e. The molecule has 16 heavy (non-hydrogen) atoms. The molecule has 0 radical (unpaired) electrons. The van der Waals surface area contributed by atoms with Crippen LogP contribution < -0.4 is 5.30 Å². The van der Waals surface area contributed by atoms with Crippen molar-refractivity contribution in [3.8, 4) is 0 Å². The third kappa shape index (κ3) is 2.94. The Hall–Kier alpha value is -0.630. The fourth-order valence-corrected chi connectivity index (χ4v) is 3.08. The van der Waals surface area contributed by atoms with Gasteiger partial charge in [0.1, 0.15) is 0 Å². The molecular weight excluding hydrogens is 223 g/mol. The van der Waals surface area contributed by atoms with Crippen molar-refractivity contribution in [2.75, 3.05) is 0 Å². The van der Waals surface area contributed by atoms with Gasteiger partial charge in [-0.2, -0.15) is 0 Å². The molecule has 0 aromatic heterocycles. The second-order valence-corrected chi connectivity index (χ2v) is 5.70. The third-order valence-electron chi connectivity index (χ3n) is 2.84. The first-order valence-electron chi connectivity index (χ1n) is 5.53. The summed E-state index contributed by atoms with van der Waals surface area (Å²) in [7, 11) is -4.15. The summed E-state index contributed by atoms with van der Waals surface area (Å²) < 4.78 is 11.4. The van der Waals surface area contributed by atoms with Crippen molar-refractivity contribution < 1.29 is 14.4 Å². The Bertz CT molecular complexity index is 421. The summed E-state index contributed by atoms with van der Waals surface area (Å²) in [5.74, 6) is 0. The average Bonchev–Trinajstić information content (AvgIpc) is 2.14. The zero-order valence-corrected chi connectivity index (χ0v) is 10.9. The van der Waals surface area contributed by atoms with E-state index in [4.69, 9.17) is 0 Å². The molecule has 3 nitrogen and oxygen atoms in total. The van der Waals surface area contributed by atoms with Gasteiger partial charge in [0.05, 0.1) is 5.30 Å². The summed E-state index contributed by atoms with van der Waals surface area (Å²) in [5, 5.41) is 0.209. The van der Waals surface area contributed by atoms with Crippen molar-refractivity contribution in [3.05, 3.63) is 28.8 Å². The maximum Gasteiger partial charge on any atom is 0.356 e. The van der Waals surface area contributed by atoms with E-state index in [1.165, 1.54) is 0 Å². The van der Waals surface area contributed by atoms with Crippen molar-refractivity contribution in [2.45, 2.75) is 40.0 Å². The Labute approximate surface area is 96.7 Å². The van der Waals surface area contributed by atoms with Crippen molar-refractivity contribution in [3.63, 3.8) is 0 Å². The molecule has 0 spiro atoms. The van der Waals surface area contributed by atoms with Crippen LogP contribution >= 0.6 is 7.60 Å². The van der Waals surface area contributed by atoms with Gasteiger partial charge in [0.15, 0.2) is 0 Å². The molecule has 0 atom stereocenters. The molecule has 1 aromatic rings. The smallest absolute Gasteiger partial charge is 0.321 e. The van der Waals surface area contributed by atoms with E-state index < -0.39 is 7.60 Å². The minimum atomic E-state index is -4.15. The first kappa shape index (κ1) is 13.4. The monoisotopic (exact) mass is 242 g/mol. The maximum absolute atomic E-state index is 11.4. The van der Waals surface area contributed by atoms with Gasteiger partial charge in [0, 0.05) is 0 Å². The Balaban J connectivity index is 3.22. The molecule has 1 rings (SSSR count). The number of aryl methyl sites for hydroxylation is 2. The van der Waals surface area contributed by atoms with Gasteiger partial charge in [-0.3, -0.25) is 4.57 Å². The topological polar surface area (TPSA) is 57.5 Å². The van der Waals surface area contributed by atoms with Gasteiger partial charge in [0.25, 0.3) is 0 Å². The van der Waals surface area contributed by atoms with Gasteiger partial charge < -0.3 is 9.79 Å². The highest BCUT2D eigenvalue weighted by molar-refractivity contribution is 7.60. The van der Waals surface area contributed by atoms with Crippen LogP contribution in [0, 0.1) is 13.8 Å². The molecule has 0 heterocycles. The van der Waals surface area contributed by atoms with Crippen LogP contribution in [0.3, 0.4) is 0 Å². The lowest BCUT2D eigenvalue weighted by molar-refractivity contribution is 0.387. The van der Waals surface area contributed by atoms with Crippen LogP contribution in [0.1, 0.15) is 36.5 Å². The van der Waals surface area contributed by atoms with Crippen molar-refractivity contribution in [1.82, 2.24) is 0 Å². The van der Waals surface area contributed by atoms with Crippen LogP contribution in [-0.2, 0) is 11.0 Å². The summed E-state index contributed by atoms with van der Waals surface area (Å²) in [4.78, 5) is 18.6. The average molecular weight is 242 g/mol. The van der Waals surface area contributed by atoms with Gasteiger partial charge in [-0.1, -0.05) is 25.5 Å². The molecule has 2 N–H and O–H groups in total. The number of hydrogen-bond acceptors (Lipinski definition) is 1. The van der Waals surface area contributed by atoms with Gasteiger partial charge in [-0.25, -0.2) is 0 Å². The first-order chi connectivity index (χ1) is 7.38. The van der Waals surface area contributed by atoms with E-state index >= 15 is 0 Å². The number of rotatable bonds is 4. The van der Waals surface area contributed by atoms with Crippen molar-refractivity contribution in [1.29, 1.82) is 0 Å². The zero-order valence-electron chi connectivity index (χ0n) is 10.0. The molecule has 0 aliphatic heterocycles. The maximum atomic E-state index is 11.4. The minimum Gasteiger partial charge on any atom is -0.321 e. The molecule has 0 amide bonds. The van der Waals surface area contributed by atoms with E-state index in [1.54, 1.807) is 19.9 Å². The fourth-order valence-electron chi connectivity index (χ4n) is 1.96. The second-order valence-electron chi connectivity index (χ2n) is 4.16. The molecule has 0 aliphatic carbocycles. The second kappa shape index (κ2) is 5.13. The highest BCUT2D eigenvalue weighted by atomic mass is 31.2. The lowest BCUT2D eigenvalue weighted by atomic mass is 10.0. The van der Waals surface area contributed by atoms with E-state index in [2.05, 4.69) is 6.92 Å².